The van der Waals surface area contributed by atoms with Gasteiger partial charge in [0.25, 0.3) is 0 Å². The molecule has 2 aromatic rings. The van der Waals surface area contributed by atoms with Crippen molar-refractivity contribution in [3.8, 4) is 0 Å². The average Bonchev–Trinajstić information content (AvgIpc) is 3.61. The summed E-state index contributed by atoms with van der Waals surface area (Å²) < 4.78 is 0. The molecule has 26 heavy (non-hydrogen) atoms. The van der Waals surface area contributed by atoms with Crippen molar-refractivity contribution in [1.29, 1.82) is 0 Å². The molecule has 0 bridgehead atoms. The molecule has 6 nitrogen and oxygen atoms in total. The number of pyridine rings is 1. The number of amides is 1. The van der Waals surface area contributed by atoms with Gasteiger partial charge in [0.2, 0.25) is 5.91 Å². The zero-order valence-corrected chi connectivity index (χ0v) is 15.0. The molecular weight excluding hydrogens is 326 g/mol. The number of hydrogen-bond acceptors (Lipinski definition) is 4. The highest BCUT2D eigenvalue weighted by molar-refractivity contribution is 5.77. The summed E-state index contributed by atoms with van der Waals surface area (Å²) in [5.74, 6) is 4.43. The third kappa shape index (κ3) is 3.24. The first-order valence-corrected chi connectivity index (χ1v) is 9.87. The van der Waals surface area contributed by atoms with Crippen LogP contribution in [0.25, 0.3) is 0 Å². The van der Waals surface area contributed by atoms with Crippen molar-refractivity contribution >= 4 is 5.91 Å². The summed E-state index contributed by atoms with van der Waals surface area (Å²) in [4.78, 5) is 23.7. The van der Waals surface area contributed by atoms with Gasteiger partial charge in [-0.15, -0.1) is 0 Å². The first-order valence-electron chi connectivity index (χ1n) is 9.87. The van der Waals surface area contributed by atoms with Crippen molar-refractivity contribution in [2.24, 2.45) is 11.8 Å². The van der Waals surface area contributed by atoms with E-state index in [4.69, 9.17) is 4.98 Å². The van der Waals surface area contributed by atoms with Crippen LogP contribution < -0.4 is 0 Å². The van der Waals surface area contributed by atoms with Gasteiger partial charge >= 0.3 is 0 Å². The zero-order valence-electron chi connectivity index (χ0n) is 15.0. The van der Waals surface area contributed by atoms with Crippen LogP contribution in [0, 0.1) is 11.8 Å². The van der Waals surface area contributed by atoms with E-state index in [1.54, 1.807) is 6.20 Å². The molecule has 6 heteroatoms. The molecule has 2 aromatic heterocycles. The molecule has 0 unspecified atom stereocenters. The smallest absolute Gasteiger partial charge is 0.222 e. The van der Waals surface area contributed by atoms with Crippen LogP contribution in [0.5, 0.6) is 0 Å². The van der Waals surface area contributed by atoms with E-state index < -0.39 is 0 Å². The van der Waals surface area contributed by atoms with E-state index in [1.807, 2.05) is 18.3 Å². The Balaban J connectivity index is 1.26. The van der Waals surface area contributed by atoms with Crippen molar-refractivity contribution in [3.05, 3.63) is 41.7 Å². The number of rotatable bonds is 6. The normalized spacial score (nSPS) is 25.6. The van der Waals surface area contributed by atoms with E-state index in [0.717, 1.165) is 42.6 Å². The maximum atomic E-state index is 12.8. The fourth-order valence-electron chi connectivity index (χ4n) is 4.26. The van der Waals surface area contributed by atoms with Crippen LogP contribution in [0.2, 0.25) is 0 Å². The van der Waals surface area contributed by atoms with Crippen molar-refractivity contribution in [2.75, 3.05) is 13.1 Å². The Morgan fingerprint density at radius 2 is 2.12 bits per heavy atom. The van der Waals surface area contributed by atoms with Gasteiger partial charge in [0, 0.05) is 43.7 Å². The Bertz CT molecular complexity index is 781. The molecule has 0 radical (unpaired) electrons. The van der Waals surface area contributed by atoms with Crippen LogP contribution in [-0.2, 0) is 11.2 Å². The predicted molar refractivity (Wildman–Crippen MR) is 96.5 cm³/mol. The third-order valence-electron chi connectivity index (χ3n) is 6.11. The van der Waals surface area contributed by atoms with Gasteiger partial charge in [-0.3, -0.25) is 14.9 Å². The fraction of sp³-hybridized carbons (Fsp3) is 0.600. The molecule has 3 aliphatic rings. The molecule has 5 rings (SSSR count). The van der Waals surface area contributed by atoms with Crippen LogP contribution in [0.3, 0.4) is 0 Å². The van der Waals surface area contributed by atoms with Crippen LogP contribution in [-0.4, -0.2) is 44.1 Å². The minimum Gasteiger partial charge on any atom is -0.342 e. The zero-order chi connectivity index (χ0) is 17.5. The van der Waals surface area contributed by atoms with E-state index in [1.165, 1.54) is 25.7 Å². The second kappa shape index (κ2) is 6.49. The summed E-state index contributed by atoms with van der Waals surface area (Å²) >= 11 is 0. The summed E-state index contributed by atoms with van der Waals surface area (Å²) in [6.07, 6.45) is 9.95. The number of hydrogen-bond donors (Lipinski definition) is 1. The summed E-state index contributed by atoms with van der Waals surface area (Å²) in [5.41, 5.74) is 1.12. The first-order chi connectivity index (χ1) is 12.8. The Kier molecular flexibility index (Phi) is 3.98. The summed E-state index contributed by atoms with van der Waals surface area (Å²) in [6, 6.07) is 3.96. The maximum absolute atomic E-state index is 12.8. The van der Waals surface area contributed by atoms with Gasteiger partial charge < -0.3 is 4.90 Å². The van der Waals surface area contributed by atoms with Gasteiger partial charge in [0.1, 0.15) is 5.82 Å². The highest BCUT2D eigenvalue weighted by Crippen LogP contribution is 2.47. The standard InChI is InChI=1S/C20H25N5O/c26-18(8-3-13-2-1-9-21-10-13)25-11-16(14-4-5-14)17(12-25)20-22-19(23-24-20)15-6-7-15/h1-2,9-10,14-17H,3-8,11-12H2,(H,22,23,24)/t16-,17+/m1/s1. The van der Waals surface area contributed by atoms with Crippen molar-refractivity contribution in [2.45, 2.75) is 50.4 Å². The monoisotopic (exact) mass is 351 g/mol. The average molecular weight is 351 g/mol. The summed E-state index contributed by atoms with van der Waals surface area (Å²) in [7, 11) is 0. The molecule has 1 saturated heterocycles. The van der Waals surface area contributed by atoms with Crippen LogP contribution >= 0.6 is 0 Å². The SMILES string of the molecule is O=C(CCc1cccnc1)N1C[C@H](c2nc(C3CC3)n[nH]2)[C@@H](C2CC2)C1. The summed E-state index contributed by atoms with van der Waals surface area (Å²) in [6.45, 7) is 1.66. The van der Waals surface area contributed by atoms with Gasteiger partial charge in [-0.2, -0.15) is 5.10 Å². The molecule has 2 saturated carbocycles. The van der Waals surface area contributed by atoms with E-state index in [2.05, 4.69) is 20.1 Å². The lowest BCUT2D eigenvalue weighted by Gasteiger charge is -2.16. The summed E-state index contributed by atoms with van der Waals surface area (Å²) in [5, 5.41) is 7.63. The highest BCUT2D eigenvalue weighted by Gasteiger charge is 2.45. The molecule has 1 amide bonds. The molecule has 3 heterocycles. The van der Waals surface area contributed by atoms with Gasteiger partial charge in [-0.1, -0.05) is 6.07 Å². The molecule has 1 N–H and O–H groups in total. The molecule has 2 atom stereocenters. The molecule has 2 aliphatic carbocycles. The number of nitrogens with one attached hydrogen (secondary N) is 1. The maximum Gasteiger partial charge on any atom is 0.222 e. The van der Waals surface area contributed by atoms with Crippen molar-refractivity contribution in [3.63, 3.8) is 0 Å². The third-order valence-corrected chi connectivity index (χ3v) is 6.11. The van der Waals surface area contributed by atoms with Crippen LogP contribution in [0.1, 0.15) is 61.2 Å². The Hall–Kier alpha value is -2.24. The lowest BCUT2D eigenvalue weighted by Crippen LogP contribution is -2.29. The molecule has 0 spiro atoms. The largest absolute Gasteiger partial charge is 0.342 e. The number of nitrogens with zero attached hydrogens (tertiary/aromatic N) is 4. The van der Waals surface area contributed by atoms with Gasteiger partial charge in [0.05, 0.1) is 0 Å². The van der Waals surface area contributed by atoms with Gasteiger partial charge in [0.15, 0.2) is 5.82 Å². The van der Waals surface area contributed by atoms with E-state index in [9.17, 15) is 4.79 Å². The molecule has 136 valence electrons. The molecular formula is C20H25N5O. The minimum atomic E-state index is 0.254. The fourth-order valence-corrected chi connectivity index (χ4v) is 4.26. The van der Waals surface area contributed by atoms with Gasteiger partial charge in [-0.05, 0) is 55.6 Å². The second-order valence-corrected chi connectivity index (χ2v) is 8.12. The van der Waals surface area contributed by atoms with E-state index >= 15 is 0 Å². The number of aromatic amines is 1. The minimum absolute atomic E-state index is 0.254. The highest BCUT2D eigenvalue weighted by atomic mass is 16.2. The number of likely N-dealkylation sites (tertiary alicyclic amines) is 1. The lowest BCUT2D eigenvalue weighted by atomic mass is 9.91. The second-order valence-electron chi connectivity index (χ2n) is 8.12. The van der Waals surface area contributed by atoms with Crippen molar-refractivity contribution in [1.82, 2.24) is 25.1 Å². The van der Waals surface area contributed by atoms with Crippen molar-refractivity contribution < 1.29 is 4.79 Å². The molecule has 0 aromatic carbocycles. The molecule has 1 aliphatic heterocycles. The number of aromatic nitrogens is 4. The Morgan fingerprint density at radius 1 is 1.23 bits per heavy atom. The topological polar surface area (TPSA) is 74.8 Å². The predicted octanol–water partition coefficient (Wildman–Crippen LogP) is 2.66. The van der Waals surface area contributed by atoms with E-state index in [0.29, 0.717) is 24.2 Å². The first kappa shape index (κ1) is 16.0. The van der Waals surface area contributed by atoms with Gasteiger partial charge in [-0.25, -0.2) is 4.98 Å². The number of aryl methyl sites for hydroxylation is 1. The number of carbonyl (C=O) groups excluding carboxylic acids is 1. The molecule has 3 fully saturated rings. The Labute approximate surface area is 153 Å². The van der Waals surface area contributed by atoms with E-state index in [-0.39, 0.29) is 5.91 Å². The quantitative estimate of drug-likeness (QED) is 0.868. The number of carbonyl (C=O) groups is 1. The Morgan fingerprint density at radius 3 is 2.85 bits per heavy atom. The lowest BCUT2D eigenvalue weighted by molar-refractivity contribution is -0.130. The van der Waals surface area contributed by atoms with Crippen LogP contribution in [0.15, 0.2) is 24.5 Å². The van der Waals surface area contributed by atoms with Crippen LogP contribution in [0.4, 0.5) is 0 Å². The number of H-pyrrole nitrogens is 1.